The summed E-state index contributed by atoms with van der Waals surface area (Å²) in [7, 11) is 0. The number of hydrogen-bond acceptors (Lipinski definition) is 1. The molecule has 0 aromatic carbocycles. The van der Waals surface area contributed by atoms with Gasteiger partial charge < -0.3 is 10.1 Å². The number of piperidine rings is 1. The number of amides is 1. The molecular formula is C8H14NORf-. The Hall–Kier alpha value is -1.53. The molecule has 1 aliphatic heterocycles. The molecule has 0 radical (unpaired) electrons. The minimum atomic E-state index is 0. The number of carbonyl (C=O) groups excluding carboxylic acids is 1. The van der Waals surface area contributed by atoms with Crippen LogP contribution in [0.25, 0.3) is 5.32 Å². The maximum absolute atomic E-state index is 11.1. The van der Waals surface area contributed by atoms with Crippen molar-refractivity contribution in [2.24, 2.45) is 11.8 Å². The number of hydrogen-bond donors (Lipinski definition) is 0. The van der Waals surface area contributed by atoms with Crippen LogP contribution >= 0.6 is 0 Å². The molecular weight excluding hydrogens is 393 g/mol. The van der Waals surface area contributed by atoms with Gasteiger partial charge >= 0.3 is 0 Å². The third-order valence-corrected chi connectivity index (χ3v) is 2.06. The molecule has 0 aromatic rings. The molecule has 1 aliphatic rings. The number of nitrogens with zero attached hydrogens (tertiary/aromatic N) is 1. The summed E-state index contributed by atoms with van der Waals surface area (Å²) < 4.78 is 0. The van der Waals surface area contributed by atoms with Crippen LogP contribution in [0.1, 0.15) is 26.7 Å². The Morgan fingerprint density at radius 1 is 1.55 bits per heavy atom. The molecule has 1 saturated heterocycles. The van der Waals surface area contributed by atoms with Gasteiger partial charge in [0.25, 0.3) is 0 Å². The Labute approximate surface area is 62.0 Å². The smallest absolute Gasteiger partial charge is 0.0545 e. The minimum Gasteiger partial charge on any atom is -0.653 e. The summed E-state index contributed by atoms with van der Waals surface area (Å²) in [5.74, 6) is 0.812. The van der Waals surface area contributed by atoms with Crippen molar-refractivity contribution in [1.82, 2.24) is 0 Å². The second kappa shape index (κ2) is 3.59. The molecule has 1 fully saturated rings. The Kier molecular flexibility index (Phi) is 3.09. The molecule has 0 bridgehead atoms. The van der Waals surface area contributed by atoms with Gasteiger partial charge in [-0.15, -0.1) is 6.54 Å². The summed E-state index contributed by atoms with van der Waals surface area (Å²) in [6, 6.07) is 0. The van der Waals surface area contributed by atoms with E-state index in [4.69, 9.17) is 0 Å². The molecule has 0 spiro atoms. The fourth-order valence-corrected chi connectivity index (χ4v) is 1.36. The van der Waals surface area contributed by atoms with Gasteiger partial charge in [-0.3, -0.25) is 0 Å². The van der Waals surface area contributed by atoms with E-state index in [1.165, 1.54) is 0 Å². The van der Waals surface area contributed by atoms with Crippen LogP contribution in [0.15, 0.2) is 0 Å². The Bertz CT molecular complexity index is 136. The first-order valence-corrected chi connectivity index (χ1v) is 3.93. The minimum absolute atomic E-state index is 0. The molecule has 3 heteroatoms. The van der Waals surface area contributed by atoms with Gasteiger partial charge in [0.15, 0.2) is 0 Å². The quantitative estimate of drug-likeness (QED) is 0.654. The van der Waals surface area contributed by atoms with E-state index in [0.717, 1.165) is 19.4 Å². The largest absolute Gasteiger partial charge is 0.653 e. The standard InChI is InChI=1S/C8H15NO.Rf/c1-6(2)7-4-3-5-9-8(7)10;/h6-7H,3-5H2,1-2H3,(H,9,10);/p-1. The van der Waals surface area contributed by atoms with Gasteiger partial charge in [0, 0.05) is 5.92 Å². The molecule has 2 nitrogen and oxygen atoms in total. The summed E-state index contributed by atoms with van der Waals surface area (Å²) in [5.41, 5.74) is 0. The molecule has 0 saturated carbocycles. The van der Waals surface area contributed by atoms with Crippen molar-refractivity contribution in [2.45, 2.75) is 26.7 Å². The fourth-order valence-electron chi connectivity index (χ4n) is 1.36. The normalized spacial score (nSPS) is 24.3. The van der Waals surface area contributed by atoms with Crippen LogP contribution in [0, 0.1) is 11.8 Å². The third-order valence-electron chi connectivity index (χ3n) is 2.06. The van der Waals surface area contributed by atoms with Gasteiger partial charge in [-0.1, -0.05) is 20.3 Å². The van der Waals surface area contributed by atoms with Crippen molar-refractivity contribution in [3.8, 4) is 0 Å². The Morgan fingerprint density at radius 2 is 2.18 bits per heavy atom. The molecule has 0 N–H and O–H groups in total. The van der Waals surface area contributed by atoms with Gasteiger partial charge in [-0.2, -0.15) is 0 Å². The summed E-state index contributed by atoms with van der Waals surface area (Å²) in [6.07, 6.45) is 2.13. The van der Waals surface area contributed by atoms with Crippen LogP contribution in [0.3, 0.4) is 0 Å². The molecule has 11 heavy (non-hydrogen) atoms. The van der Waals surface area contributed by atoms with Crippen LogP contribution in [0.5, 0.6) is 0 Å². The maximum Gasteiger partial charge on any atom is 0.0545 e. The van der Waals surface area contributed by atoms with E-state index in [9.17, 15) is 4.79 Å². The van der Waals surface area contributed by atoms with E-state index < -0.39 is 0 Å². The fraction of sp³-hybridized carbons (Fsp3) is 0.875. The number of carbonyl (C=O) groups is 1. The van der Waals surface area contributed by atoms with Gasteiger partial charge in [-0.25, -0.2) is 0 Å². The summed E-state index contributed by atoms with van der Waals surface area (Å²) in [6.45, 7) is 4.93. The van der Waals surface area contributed by atoms with Crippen molar-refractivity contribution in [3.05, 3.63) is 5.32 Å². The van der Waals surface area contributed by atoms with E-state index in [-0.39, 0.29) is 11.8 Å². The summed E-state index contributed by atoms with van der Waals surface area (Å²) in [5, 5.41) is 3.89. The van der Waals surface area contributed by atoms with E-state index >= 15 is 0 Å². The van der Waals surface area contributed by atoms with E-state index in [1.807, 2.05) is 0 Å². The first-order valence-electron chi connectivity index (χ1n) is 3.93. The van der Waals surface area contributed by atoms with Crippen molar-refractivity contribution in [3.63, 3.8) is 0 Å². The maximum atomic E-state index is 11.1. The molecule has 0 aliphatic carbocycles. The molecule has 60 valence electrons. The third kappa shape index (κ3) is 1.95. The molecule has 1 atom stereocenters. The average Bonchev–Trinajstić information content (AvgIpc) is 1.88. The van der Waals surface area contributed by atoms with Crippen LogP contribution in [0.4, 0.5) is 0 Å². The van der Waals surface area contributed by atoms with E-state index in [1.54, 1.807) is 0 Å². The van der Waals surface area contributed by atoms with Gasteiger partial charge in [-0.05, 0) is 12.3 Å². The molecule has 1 rings (SSSR count). The van der Waals surface area contributed by atoms with Gasteiger partial charge in [0.05, 0.1) is 5.91 Å². The average molecular weight is 407 g/mol. The summed E-state index contributed by atoms with van der Waals surface area (Å²) >= 11 is 0. The van der Waals surface area contributed by atoms with Crippen molar-refractivity contribution in [1.29, 1.82) is 0 Å². The Morgan fingerprint density at radius 3 is 2.55 bits per heavy atom. The van der Waals surface area contributed by atoms with Crippen molar-refractivity contribution in [2.75, 3.05) is 6.54 Å². The van der Waals surface area contributed by atoms with E-state index in [0.29, 0.717) is 5.92 Å². The predicted molar refractivity (Wildman–Crippen MR) is 40.8 cm³/mol. The second-order valence-electron chi connectivity index (χ2n) is 3.21. The van der Waals surface area contributed by atoms with Gasteiger partial charge in [0.1, 0.15) is 0 Å². The topological polar surface area (TPSA) is 31.2 Å². The van der Waals surface area contributed by atoms with Crippen LogP contribution in [-0.4, -0.2) is 12.5 Å². The van der Waals surface area contributed by atoms with Crippen molar-refractivity contribution < 1.29 is 4.79 Å². The van der Waals surface area contributed by atoms with Crippen LogP contribution in [-0.2, 0) is 4.79 Å². The SMILES string of the molecule is CC(C)C1CCC[N-]C1=O.[Rf]. The first-order chi connectivity index (χ1) is 4.72. The zero-order chi connectivity index (χ0) is 7.56. The van der Waals surface area contributed by atoms with Crippen LogP contribution < -0.4 is 0 Å². The molecule has 0 aromatic heterocycles. The van der Waals surface area contributed by atoms with Gasteiger partial charge in [0.2, 0.25) is 0 Å². The zero-order valence-electron chi connectivity index (χ0n) is 7.34. The molecule has 1 heterocycles. The molecule has 1 unspecified atom stereocenters. The Balaban J connectivity index is 0.000001000. The van der Waals surface area contributed by atoms with Crippen molar-refractivity contribution >= 4 is 5.91 Å². The second-order valence-corrected chi connectivity index (χ2v) is 3.21. The van der Waals surface area contributed by atoms with Crippen LogP contribution in [0.2, 0.25) is 0 Å². The van der Waals surface area contributed by atoms with E-state index in [2.05, 4.69) is 19.2 Å². The molecule has 1 amide bonds. The summed E-state index contributed by atoms with van der Waals surface area (Å²) in [4.78, 5) is 11.1. The zero-order valence-corrected chi connectivity index (χ0v) is 13.7. The first kappa shape index (κ1) is 9.47. The predicted octanol–water partition coefficient (Wildman–Crippen LogP) is 1.95. The monoisotopic (exact) mass is 407 g/mol. The number of rotatable bonds is 1.